The summed E-state index contributed by atoms with van der Waals surface area (Å²) in [7, 11) is 0. The van der Waals surface area contributed by atoms with Crippen molar-refractivity contribution >= 4 is 23.5 Å². The molecule has 0 spiro atoms. The highest BCUT2D eigenvalue weighted by Crippen LogP contribution is 2.17. The number of hydrogen-bond acceptors (Lipinski definition) is 4. The van der Waals surface area contributed by atoms with E-state index < -0.39 is 0 Å². The Balaban J connectivity index is 2.28. The third kappa shape index (κ3) is 5.68. The zero-order valence-electron chi connectivity index (χ0n) is 10.1. The molecule has 0 aliphatic rings. The monoisotopic (exact) mass is 270 g/mol. The number of benzene rings is 1. The standard InChI is InChI=1S/C13H15ClO4/c1-2-17-12(15)7-4-8-13(16)18-11-6-3-5-10(14)9-11/h3,5-6,9H,2,4,7-8H2,1H3. The van der Waals surface area contributed by atoms with Gasteiger partial charge in [-0.05, 0) is 31.5 Å². The molecule has 0 aliphatic carbocycles. The van der Waals surface area contributed by atoms with Gasteiger partial charge in [0.1, 0.15) is 5.75 Å². The second-order valence-electron chi connectivity index (χ2n) is 3.59. The molecule has 0 N–H and O–H groups in total. The summed E-state index contributed by atoms with van der Waals surface area (Å²) in [6.07, 6.45) is 0.808. The molecule has 4 nitrogen and oxygen atoms in total. The highest BCUT2D eigenvalue weighted by atomic mass is 35.5. The lowest BCUT2D eigenvalue weighted by Gasteiger charge is -2.04. The summed E-state index contributed by atoms with van der Waals surface area (Å²) < 4.78 is 9.81. The predicted octanol–water partition coefficient (Wildman–Crippen LogP) is 2.98. The number of carbonyl (C=O) groups excluding carboxylic acids is 2. The van der Waals surface area contributed by atoms with Crippen molar-refractivity contribution in [1.82, 2.24) is 0 Å². The Kier molecular flexibility index (Phi) is 6.22. The minimum absolute atomic E-state index is 0.172. The molecule has 0 amide bonds. The average Bonchev–Trinajstić information content (AvgIpc) is 2.29. The lowest BCUT2D eigenvalue weighted by Crippen LogP contribution is -2.10. The van der Waals surface area contributed by atoms with Gasteiger partial charge in [-0.2, -0.15) is 0 Å². The van der Waals surface area contributed by atoms with Gasteiger partial charge >= 0.3 is 11.9 Å². The summed E-state index contributed by atoms with van der Waals surface area (Å²) in [5.74, 6) is -0.279. The molecule has 1 aromatic carbocycles. The van der Waals surface area contributed by atoms with E-state index in [1.165, 1.54) is 0 Å². The molecule has 0 fully saturated rings. The van der Waals surface area contributed by atoms with Gasteiger partial charge < -0.3 is 9.47 Å². The van der Waals surface area contributed by atoms with Crippen LogP contribution in [-0.4, -0.2) is 18.5 Å². The Hall–Kier alpha value is -1.55. The summed E-state index contributed by atoms with van der Waals surface area (Å²) in [6, 6.07) is 6.60. The molecule has 0 bridgehead atoms. The van der Waals surface area contributed by atoms with Crippen molar-refractivity contribution in [3.05, 3.63) is 29.3 Å². The van der Waals surface area contributed by atoms with Gasteiger partial charge in [-0.15, -0.1) is 0 Å². The molecule has 0 saturated carbocycles. The van der Waals surface area contributed by atoms with Crippen molar-refractivity contribution < 1.29 is 19.1 Å². The molecule has 1 aromatic rings. The van der Waals surface area contributed by atoms with Crippen LogP contribution in [0, 0.1) is 0 Å². The van der Waals surface area contributed by atoms with E-state index in [0.29, 0.717) is 23.8 Å². The lowest BCUT2D eigenvalue weighted by atomic mass is 10.2. The van der Waals surface area contributed by atoms with Gasteiger partial charge in [0.25, 0.3) is 0 Å². The molecule has 98 valence electrons. The Morgan fingerprint density at radius 1 is 1.22 bits per heavy atom. The van der Waals surface area contributed by atoms with Gasteiger partial charge in [-0.3, -0.25) is 9.59 Å². The van der Waals surface area contributed by atoms with Crippen LogP contribution >= 0.6 is 11.6 Å². The largest absolute Gasteiger partial charge is 0.466 e. The molecule has 0 heterocycles. The van der Waals surface area contributed by atoms with Crippen LogP contribution in [-0.2, 0) is 14.3 Å². The second-order valence-corrected chi connectivity index (χ2v) is 4.03. The molecule has 0 unspecified atom stereocenters. The fourth-order valence-electron chi connectivity index (χ4n) is 1.32. The van der Waals surface area contributed by atoms with E-state index in [0.717, 1.165) is 0 Å². The van der Waals surface area contributed by atoms with E-state index in [1.807, 2.05) is 0 Å². The second kappa shape index (κ2) is 7.71. The normalized spacial score (nSPS) is 9.89. The van der Waals surface area contributed by atoms with E-state index in [4.69, 9.17) is 21.1 Å². The maximum atomic E-state index is 11.4. The molecule has 0 aliphatic heterocycles. The third-order valence-corrected chi connectivity index (χ3v) is 2.33. The van der Waals surface area contributed by atoms with Crippen LogP contribution in [0.3, 0.4) is 0 Å². The molecule has 5 heteroatoms. The number of esters is 2. The van der Waals surface area contributed by atoms with E-state index in [-0.39, 0.29) is 24.8 Å². The number of hydrogen-bond donors (Lipinski definition) is 0. The van der Waals surface area contributed by atoms with Crippen molar-refractivity contribution in [3.8, 4) is 5.75 Å². The van der Waals surface area contributed by atoms with Crippen molar-refractivity contribution in [2.75, 3.05) is 6.61 Å². The Labute approximate surface area is 111 Å². The van der Waals surface area contributed by atoms with E-state index in [2.05, 4.69) is 0 Å². The first-order valence-corrected chi connectivity index (χ1v) is 6.11. The summed E-state index contributed by atoms with van der Waals surface area (Å²) in [5, 5.41) is 0.506. The van der Waals surface area contributed by atoms with Crippen molar-refractivity contribution in [3.63, 3.8) is 0 Å². The van der Waals surface area contributed by atoms with Crippen LogP contribution < -0.4 is 4.74 Å². The maximum Gasteiger partial charge on any atom is 0.311 e. The van der Waals surface area contributed by atoms with Crippen molar-refractivity contribution in [1.29, 1.82) is 0 Å². The molecule has 0 atom stereocenters. The van der Waals surface area contributed by atoms with Crippen LogP contribution in [0.2, 0.25) is 5.02 Å². The molecule has 18 heavy (non-hydrogen) atoms. The van der Waals surface area contributed by atoms with Crippen molar-refractivity contribution in [2.24, 2.45) is 0 Å². The summed E-state index contributed by atoms with van der Waals surface area (Å²) in [6.45, 7) is 2.09. The topological polar surface area (TPSA) is 52.6 Å². The summed E-state index contributed by atoms with van der Waals surface area (Å²) in [5.41, 5.74) is 0. The van der Waals surface area contributed by atoms with Crippen LogP contribution in [0.5, 0.6) is 5.75 Å². The molecule has 0 radical (unpaired) electrons. The van der Waals surface area contributed by atoms with Gasteiger partial charge in [-0.1, -0.05) is 17.7 Å². The quantitative estimate of drug-likeness (QED) is 0.589. The minimum atomic E-state index is -0.387. The van der Waals surface area contributed by atoms with E-state index in [1.54, 1.807) is 31.2 Å². The van der Waals surface area contributed by atoms with E-state index >= 15 is 0 Å². The number of halogens is 1. The van der Waals surface area contributed by atoms with Crippen molar-refractivity contribution in [2.45, 2.75) is 26.2 Å². The van der Waals surface area contributed by atoms with Crippen LogP contribution in [0.25, 0.3) is 0 Å². The van der Waals surface area contributed by atoms with Gasteiger partial charge in [-0.25, -0.2) is 0 Å². The summed E-state index contributed by atoms with van der Waals surface area (Å²) >= 11 is 5.76. The molecular formula is C13H15ClO4. The summed E-state index contributed by atoms with van der Waals surface area (Å²) in [4.78, 5) is 22.5. The Morgan fingerprint density at radius 2 is 1.94 bits per heavy atom. The predicted molar refractivity (Wildman–Crippen MR) is 67.6 cm³/mol. The highest BCUT2D eigenvalue weighted by Gasteiger charge is 2.08. The number of carbonyl (C=O) groups is 2. The third-order valence-electron chi connectivity index (χ3n) is 2.09. The maximum absolute atomic E-state index is 11.4. The highest BCUT2D eigenvalue weighted by molar-refractivity contribution is 6.30. The smallest absolute Gasteiger partial charge is 0.311 e. The lowest BCUT2D eigenvalue weighted by molar-refractivity contribution is -0.143. The minimum Gasteiger partial charge on any atom is -0.466 e. The van der Waals surface area contributed by atoms with Crippen LogP contribution in [0.15, 0.2) is 24.3 Å². The average molecular weight is 271 g/mol. The fourth-order valence-corrected chi connectivity index (χ4v) is 1.50. The van der Waals surface area contributed by atoms with Crippen LogP contribution in [0.4, 0.5) is 0 Å². The first kappa shape index (κ1) is 14.5. The molecule has 1 rings (SSSR count). The van der Waals surface area contributed by atoms with Gasteiger partial charge in [0.05, 0.1) is 6.61 Å². The number of rotatable bonds is 6. The van der Waals surface area contributed by atoms with Gasteiger partial charge in [0.15, 0.2) is 0 Å². The SMILES string of the molecule is CCOC(=O)CCCC(=O)Oc1cccc(Cl)c1. The zero-order valence-corrected chi connectivity index (χ0v) is 10.9. The fraction of sp³-hybridized carbons (Fsp3) is 0.385. The first-order valence-electron chi connectivity index (χ1n) is 5.73. The zero-order chi connectivity index (χ0) is 13.4. The number of ether oxygens (including phenoxy) is 2. The van der Waals surface area contributed by atoms with Crippen LogP contribution in [0.1, 0.15) is 26.2 Å². The Bertz CT molecular complexity index is 417. The molecule has 0 aromatic heterocycles. The van der Waals surface area contributed by atoms with Gasteiger partial charge in [0.2, 0.25) is 0 Å². The first-order chi connectivity index (χ1) is 8.61. The molecular weight excluding hydrogens is 256 g/mol. The molecule has 0 saturated heterocycles. The van der Waals surface area contributed by atoms with Gasteiger partial charge in [0, 0.05) is 17.9 Å². The Morgan fingerprint density at radius 3 is 2.61 bits per heavy atom. The van der Waals surface area contributed by atoms with E-state index in [9.17, 15) is 9.59 Å².